The fourth-order valence-electron chi connectivity index (χ4n) is 1.52. The van der Waals surface area contributed by atoms with Crippen molar-refractivity contribution in [2.24, 2.45) is 0 Å². The van der Waals surface area contributed by atoms with E-state index in [1.165, 1.54) is 22.7 Å². The van der Waals surface area contributed by atoms with Crippen LogP contribution in [-0.4, -0.2) is 20.4 Å². The monoisotopic (exact) mass is 282 g/mol. The van der Waals surface area contributed by atoms with E-state index in [0.717, 1.165) is 11.3 Å². The lowest BCUT2D eigenvalue weighted by Crippen LogP contribution is -2.26. The van der Waals surface area contributed by atoms with Crippen molar-refractivity contribution in [2.45, 2.75) is 18.7 Å². The molecule has 0 aliphatic heterocycles. The molecule has 1 aromatic carbocycles. The van der Waals surface area contributed by atoms with Crippen LogP contribution < -0.4 is 4.31 Å². The maximum Gasteiger partial charge on any atom is 0.265 e. The van der Waals surface area contributed by atoms with Gasteiger partial charge in [-0.2, -0.15) is 0 Å². The van der Waals surface area contributed by atoms with Crippen molar-refractivity contribution < 1.29 is 8.42 Å². The fourth-order valence-corrected chi connectivity index (χ4v) is 3.77. The molecule has 96 valence electrons. The minimum atomic E-state index is -3.52. The van der Waals surface area contributed by atoms with Crippen LogP contribution in [0.15, 0.2) is 34.5 Å². The van der Waals surface area contributed by atoms with Gasteiger partial charge in [-0.3, -0.25) is 0 Å². The number of sulfonamides is 1. The summed E-state index contributed by atoms with van der Waals surface area (Å²) in [5.41, 5.74) is 1.74. The Morgan fingerprint density at radius 1 is 1.28 bits per heavy atom. The van der Waals surface area contributed by atoms with Crippen LogP contribution in [-0.2, 0) is 10.0 Å². The van der Waals surface area contributed by atoms with Crippen LogP contribution in [0.4, 0.5) is 5.13 Å². The van der Waals surface area contributed by atoms with Crippen LogP contribution in [0.5, 0.6) is 0 Å². The van der Waals surface area contributed by atoms with Gasteiger partial charge in [0.15, 0.2) is 5.13 Å². The van der Waals surface area contributed by atoms with Crippen molar-refractivity contribution in [1.82, 2.24) is 4.98 Å². The van der Waals surface area contributed by atoms with Gasteiger partial charge in [0.05, 0.1) is 10.6 Å². The maximum atomic E-state index is 12.4. The van der Waals surface area contributed by atoms with Gasteiger partial charge < -0.3 is 0 Å². The van der Waals surface area contributed by atoms with Crippen molar-refractivity contribution in [3.8, 4) is 0 Å². The fraction of sp³-hybridized carbons (Fsp3) is 0.250. The second-order valence-electron chi connectivity index (χ2n) is 4.06. The quantitative estimate of drug-likeness (QED) is 0.869. The van der Waals surface area contributed by atoms with Gasteiger partial charge in [-0.25, -0.2) is 17.7 Å². The van der Waals surface area contributed by atoms with E-state index < -0.39 is 10.0 Å². The van der Waals surface area contributed by atoms with Crippen molar-refractivity contribution in [3.63, 3.8) is 0 Å². The van der Waals surface area contributed by atoms with Gasteiger partial charge in [-0.1, -0.05) is 12.1 Å². The Kier molecular flexibility index (Phi) is 3.41. The molecule has 2 rings (SSSR count). The summed E-state index contributed by atoms with van der Waals surface area (Å²) in [6, 6.07) is 6.86. The lowest BCUT2D eigenvalue weighted by molar-refractivity contribution is 0.594. The lowest BCUT2D eigenvalue weighted by atomic mass is 10.2. The first-order valence-corrected chi connectivity index (χ1v) is 7.71. The molecule has 0 N–H and O–H groups in total. The van der Waals surface area contributed by atoms with E-state index in [2.05, 4.69) is 4.98 Å². The molecular weight excluding hydrogens is 268 g/mol. The number of aromatic nitrogens is 1. The minimum absolute atomic E-state index is 0.290. The van der Waals surface area contributed by atoms with Crippen molar-refractivity contribution >= 4 is 26.5 Å². The Morgan fingerprint density at radius 3 is 2.56 bits per heavy atom. The van der Waals surface area contributed by atoms with Crippen LogP contribution >= 0.6 is 11.3 Å². The molecular formula is C12H14N2O2S2. The average molecular weight is 282 g/mol. The molecule has 6 heteroatoms. The van der Waals surface area contributed by atoms with E-state index in [0.29, 0.717) is 5.13 Å². The van der Waals surface area contributed by atoms with Gasteiger partial charge in [-0.15, -0.1) is 11.3 Å². The molecule has 0 atom stereocenters. The Balaban J connectivity index is 2.43. The Morgan fingerprint density at radius 2 is 2.00 bits per heavy atom. The molecule has 0 unspecified atom stereocenters. The third kappa shape index (κ3) is 2.39. The predicted molar refractivity (Wildman–Crippen MR) is 73.6 cm³/mol. The number of rotatable bonds is 3. The molecule has 0 aliphatic carbocycles. The van der Waals surface area contributed by atoms with Crippen LogP contribution in [0.3, 0.4) is 0 Å². The first-order chi connectivity index (χ1) is 8.41. The molecule has 0 fully saturated rings. The molecule has 1 aromatic heterocycles. The molecule has 0 saturated carbocycles. The second kappa shape index (κ2) is 4.70. The molecule has 0 radical (unpaired) electrons. The Labute approximate surface area is 111 Å². The average Bonchev–Trinajstić information content (AvgIpc) is 2.74. The molecule has 18 heavy (non-hydrogen) atoms. The normalized spacial score (nSPS) is 11.5. The molecule has 0 saturated heterocycles. The van der Waals surface area contributed by atoms with Crippen molar-refractivity contribution in [1.29, 1.82) is 0 Å². The first-order valence-electron chi connectivity index (χ1n) is 5.39. The summed E-state index contributed by atoms with van der Waals surface area (Å²) in [6.45, 7) is 3.71. The van der Waals surface area contributed by atoms with E-state index in [4.69, 9.17) is 0 Å². The van der Waals surface area contributed by atoms with Gasteiger partial charge in [-0.05, 0) is 31.5 Å². The highest BCUT2D eigenvalue weighted by atomic mass is 32.2. The van der Waals surface area contributed by atoms with E-state index in [-0.39, 0.29) is 4.90 Å². The largest absolute Gasteiger partial charge is 0.265 e. The highest BCUT2D eigenvalue weighted by Crippen LogP contribution is 2.25. The van der Waals surface area contributed by atoms with Crippen LogP contribution in [0.1, 0.15) is 11.3 Å². The third-order valence-electron chi connectivity index (χ3n) is 2.52. The molecule has 0 amide bonds. The number of hydrogen-bond acceptors (Lipinski definition) is 4. The number of hydrogen-bond donors (Lipinski definition) is 0. The van der Waals surface area contributed by atoms with E-state index >= 15 is 0 Å². The summed E-state index contributed by atoms with van der Waals surface area (Å²) in [7, 11) is -2.00. The van der Waals surface area contributed by atoms with E-state index in [9.17, 15) is 8.42 Å². The molecule has 0 aliphatic rings. The third-order valence-corrected chi connectivity index (χ3v) is 5.42. The van der Waals surface area contributed by atoms with Gasteiger partial charge in [0.1, 0.15) is 0 Å². The molecule has 4 nitrogen and oxygen atoms in total. The van der Waals surface area contributed by atoms with Crippen LogP contribution in [0.25, 0.3) is 0 Å². The number of thiazole rings is 1. The highest BCUT2D eigenvalue weighted by Gasteiger charge is 2.23. The summed E-state index contributed by atoms with van der Waals surface area (Å²) < 4.78 is 26.0. The van der Waals surface area contributed by atoms with Gasteiger partial charge in [0.2, 0.25) is 0 Å². The van der Waals surface area contributed by atoms with Crippen LogP contribution in [0.2, 0.25) is 0 Å². The molecule has 0 spiro atoms. The smallest absolute Gasteiger partial charge is 0.244 e. The second-order valence-corrected chi connectivity index (χ2v) is 6.87. The molecule has 2 aromatic rings. The summed E-state index contributed by atoms with van der Waals surface area (Å²) in [5, 5.41) is 2.31. The van der Waals surface area contributed by atoms with Crippen molar-refractivity contribution in [2.75, 3.05) is 11.4 Å². The number of anilines is 1. The van der Waals surface area contributed by atoms with Gasteiger partial charge >= 0.3 is 0 Å². The highest BCUT2D eigenvalue weighted by molar-refractivity contribution is 7.93. The standard InChI is InChI=1S/C12H14N2O2S2/c1-9-5-4-6-11(7-9)18(15,16)14(3)12-13-10(2)8-17-12/h4-8H,1-3H3. The summed E-state index contributed by atoms with van der Waals surface area (Å²) in [5.74, 6) is 0. The SMILES string of the molecule is Cc1cccc(S(=O)(=O)N(C)c2nc(C)cs2)c1. The maximum absolute atomic E-state index is 12.4. The molecule has 1 heterocycles. The summed E-state index contributed by atoms with van der Waals surface area (Å²) >= 11 is 1.32. The van der Waals surface area contributed by atoms with E-state index in [1.54, 1.807) is 18.2 Å². The zero-order valence-corrected chi connectivity index (χ0v) is 12.0. The van der Waals surface area contributed by atoms with E-state index in [1.807, 2.05) is 25.3 Å². The number of benzene rings is 1. The minimum Gasteiger partial charge on any atom is -0.244 e. The zero-order chi connectivity index (χ0) is 13.3. The van der Waals surface area contributed by atoms with Gasteiger partial charge in [0, 0.05) is 12.4 Å². The van der Waals surface area contributed by atoms with Crippen LogP contribution in [0, 0.1) is 13.8 Å². The summed E-state index contributed by atoms with van der Waals surface area (Å²) in [4.78, 5) is 4.48. The van der Waals surface area contributed by atoms with Crippen molar-refractivity contribution in [3.05, 3.63) is 40.9 Å². The number of aryl methyl sites for hydroxylation is 2. The Bertz CT molecular complexity index is 662. The number of nitrogens with zero attached hydrogens (tertiary/aromatic N) is 2. The van der Waals surface area contributed by atoms with Gasteiger partial charge in [0.25, 0.3) is 10.0 Å². The summed E-state index contributed by atoms with van der Waals surface area (Å²) in [6.07, 6.45) is 0. The molecule has 0 bridgehead atoms. The first kappa shape index (κ1) is 13.0. The Hall–Kier alpha value is -1.40. The lowest BCUT2D eigenvalue weighted by Gasteiger charge is -2.16. The zero-order valence-electron chi connectivity index (χ0n) is 10.4. The topological polar surface area (TPSA) is 50.3 Å². The predicted octanol–water partition coefficient (Wildman–Crippen LogP) is 2.59.